The van der Waals surface area contributed by atoms with Gasteiger partial charge in [-0.05, 0) is 6.42 Å². The highest BCUT2D eigenvalue weighted by Crippen LogP contribution is 2.24. The Bertz CT molecular complexity index is 741. The fraction of sp³-hybridized carbons (Fsp3) is 0.125. The maximum atomic E-state index is 11.9. The van der Waals surface area contributed by atoms with Crippen LogP contribution in [0.3, 0.4) is 0 Å². The Labute approximate surface area is 127 Å². The lowest BCUT2D eigenvalue weighted by Gasteiger charge is -2.03. The van der Waals surface area contributed by atoms with Crippen molar-refractivity contribution in [3.05, 3.63) is 60.7 Å². The van der Waals surface area contributed by atoms with Crippen LogP contribution in [0.5, 0.6) is 0 Å². The minimum atomic E-state index is -0.124. The van der Waals surface area contributed by atoms with E-state index in [1.165, 1.54) is 12.4 Å². The van der Waals surface area contributed by atoms with E-state index >= 15 is 0 Å². The first-order valence-electron chi connectivity index (χ1n) is 6.88. The second-order valence-corrected chi connectivity index (χ2v) is 4.69. The highest BCUT2D eigenvalue weighted by Gasteiger charge is 2.12. The van der Waals surface area contributed by atoms with Gasteiger partial charge in [-0.2, -0.15) is 0 Å². The van der Waals surface area contributed by atoms with Crippen LogP contribution in [-0.4, -0.2) is 21.0 Å². The molecule has 2 aromatic heterocycles. The Morgan fingerprint density at radius 1 is 1.14 bits per heavy atom. The molecule has 0 aliphatic rings. The van der Waals surface area contributed by atoms with E-state index < -0.39 is 0 Å². The molecule has 0 bridgehead atoms. The number of hydrogen-bond donors (Lipinski definition) is 1. The first-order chi connectivity index (χ1) is 10.8. The molecular formula is C16H14N4O2. The van der Waals surface area contributed by atoms with Gasteiger partial charge in [-0.1, -0.05) is 35.5 Å². The fourth-order valence-electron chi connectivity index (χ4n) is 2.08. The van der Waals surface area contributed by atoms with Gasteiger partial charge in [0, 0.05) is 29.9 Å². The molecule has 0 fully saturated rings. The number of nitrogens with one attached hydrogen (secondary N) is 1. The average molecular weight is 294 g/mol. The molecule has 1 amide bonds. The minimum Gasteiger partial charge on any atom is -0.356 e. The van der Waals surface area contributed by atoms with Crippen LogP contribution in [0.4, 0.5) is 5.82 Å². The molecule has 0 aliphatic carbocycles. The van der Waals surface area contributed by atoms with Gasteiger partial charge in [0.2, 0.25) is 5.91 Å². The number of aryl methyl sites for hydroxylation is 1. The van der Waals surface area contributed by atoms with Gasteiger partial charge in [-0.25, -0.2) is 4.98 Å². The highest BCUT2D eigenvalue weighted by molar-refractivity contribution is 5.89. The molecule has 110 valence electrons. The lowest BCUT2D eigenvalue weighted by molar-refractivity contribution is -0.116. The SMILES string of the molecule is O=C(CCc1cnoc1-c1ccccc1)Nc1cnccn1. The summed E-state index contributed by atoms with van der Waals surface area (Å²) in [7, 11) is 0. The molecular weight excluding hydrogens is 280 g/mol. The lowest BCUT2D eigenvalue weighted by Crippen LogP contribution is -2.13. The molecule has 6 nitrogen and oxygen atoms in total. The Morgan fingerprint density at radius 2 is 2.00 bits per heavy atom. The molecule has 0 radical (unpaired) electrons. The first-order valence-corrected chi connectivity index (χ1v) is 6.88. The Hall–Kier alpha value is -3.02. The number of carbonyl (C=O) groups excluding carboxylic acids is 1. The van der Waals surface area contributed by atoms with Crippen molar-refractivity contribution < 1.29 is 9.32 Å². The summed E-state index contributed by atoms with van der Waals surface area (Å²) >= 11 is 0. The lowest BCUT2D eigenvalue weighted by atomic mass is 10.1. The van der Waals surface area contributed by atoms with Gasteiger partial charge >= 0.3 is 0 Å². The molecule has 0 spiro atoms. The zero-order valence-corrected chi connectivity index (χ0v) is 11.8. The molecule has 0 aliphatic heterocycles. The summed E-state index contributed by atoms with van der Waals surface area (Å²) in [4.78, 5) is 19.8. The molecule has 1 aromatic carbocycles. The smallest absolute Gasteiger partial charge is 0.225 e. The molecule has 1 N–H and O–H groups in total. The van der Waals surface area contributed by atoms with Gasteiger partial charge in [-0.3, -0.25) is 9.78 Å². The third-order valence-corrected chi connectivity index (χ3v) is 3.13. The van der Waals surface area contributed by atoms with E-state index in [1.807, 2.05) is 30.3 Å². The predicted octanol–water partition coefficient (Wildman–Crippen LogP) is 2.70. The third-order valence-electron chi connectivity index (χ3n) is 3.13. The maximum absolute atomic E-state index is 11.9. The van der Waals surface area contributed by atoms with E-state index in [1.54, 1.807) is 12.4 Å². The molecule has 0 saturated carbocycles. The summed E-state index contributed by atoms with van der Waals surface area (Å²) in [6.45, 7) is 0. The van der Waals surface area contributed by atoms with Crippen LogP contribution >= 0.6 is 0 Å². The predicted molar refractivity (Wildman–Crippen MR) is 80.9 cm³/mol. The van der Waals surface area contributed by atoms with Crippen molar-refractivity contribution in [3.8, 4) is 11.3 Å². The van der Waals surface area contributed by atoms with E-state index in [2.05, 4.69) is 20.4 Å². The van der Waals surface area contributed by atoms with Crippen LogP contribution in [0.15, 0.2) is 59.6 Å². The summed E-state index contributed by atoms with van der Waals surface area (Å²) in [5.41, 5.74) is 1.85. The van der Waals surface area contributed by atoms with Crippen LogP contribution in [0, 0.1) is 0 Å². The van der Waals surface area contributed by atoms with Gasteiger partial charge in [0.15, 0.2) is 11.6 Å². The van der Waals surface area contributed by atoms with E-state index in [0.717, 1.165) is 11.1 Å². The number of aromatic nitrogens is 3. The first kappa shape index (κ1) is 13.9. The number of nitrogens with zero attached hydrogens (tertiary/aromatic N) is 3. The van der Waals surface area contributed by atoms with Crippen molar-refractivity contribution in [2.24, 2.45) is 0 Å². The molecule has 2 heterocycles. The number of hydrogen-bond acceptors (Lipinski definition) is 5. The molecule has 0 atom stereocenters. The van der Waals surface area contributed by atoms with Crippen molar-refractivity contribution >= 4 is 11.7 Å². The van der Waals surface area contributed by atoms with Crippen molar-refractivity contribution in [2.45, 2.75) is 12.8 Å². The normalized spacial score (nSPS) is 10.4. The van der Waals surface area contributed by atoms with E-state index in [0.29, 0.717) is 24.4 Å². The quantitative estimate of drug-likeness (QED) is 0.782. The Balaban J connectivity index is 1.63. The number of amides is 1. The van der Waals surface area contributed by atoms with E-state index in [-0.39, 0.29) is 5.91 Å². The summed E-state index contributed by atoms with van der Waals surface area (Å²) < 4.78 is 5.30. The van der Waals surface area contributed by atoms with E-state index in [9.17, 15) is 4.79 Å². The number of benzene rings is 1. The minimum absolute atomic E-state index is 0.124. The summed E-state index contributed by atoms with van der Waals surface area (Å²) in [6, 6.07) is 9.70. The van der Waals surface area contributed by atoms with E-state index in [4.69, 9.17) is 4.52 Å². The maximum Gasteiger partial charge on any atom is 0.225 e. The van der Waals surface area contributed by atoms with Gasteiger partial charge in [-0.15, -0.1) is 0 Å². The Kier molecular flexibility index (Phi) is 4.20. The van der Waals surface area contributed by atoms with Crippen molar-refractivity contribution in [2.75, 3.05) is 5.32 Å². The second-order valence-electron chi connectivity index (χ2n) is 4.69. The highest BCUT2D eigenvalue weighted by atomic mass is 16.5. The van der Waals surface area contributed by atoms with Crippen LogP contribution < -0.4 is 5.32 Å². The molecule has 3 aromatic rings. The van der Waals surface area contributed by atoms with Crippen LogP contribution in [0.1, 0.15) is 12.0 Å². The summed E-state index contributed by atoms with van der Waals surface area (Å²) in [6.07, 6.45) is 7.10. The summed E-state index contributed by atoms with van der Waals surface area (Å²) in [5.74, 6) is 1.02. The molecule has 6 heteroatoms. The van der Waals surface area contributed by atoms with Gasteiger partial charge in [0.1, 0.15) is 0 Å². The van der Waals surface area contributed by atoms with Gasteiger partial charge in [0.25, 0.3) is 0 Å². The number of carbonyl (C=O) groups is 1. The largest absolute Gasteiger partial charge is 0.356 e. The zero-order chi connectivity index (χ0) is 15.2. The Morgan fingerprint density at radius 3 is 2.77 bits per heavy atom. The third kappa shape index (κ3) is 3.35. The average Bonchev–Trinajstić information content (AvgIpc) is 3.03. The van der Waals surface area contributed by atoms with Crippen molar-refractivity contribution in [1.29, 1.82) is 0 Å². The van der Waals surface area contributed by atoms with Crippen LogP contribution in [-0.2, 0) is 11.2 Å². The van der Waals surface area contributed by atoms with Crippen LogP contribution in [0.2, 0.25) is 0 Å². The topological polar surface area (TPSA) is 80.9 Å². The van der Waals surface area contributed by atoms with Crippen molar-refractivity contribution in [1.82, 2.24) is 15.1 Å². The molecule has 3 rings (SSSR count). The summed E-state index contributed by atoms with van der Waals surface area (Å²) in [5, 5.41) is 6.53. The number of anilines is 1. The molecule has 0 saturated heterocycles. The monoisotopic (exact) mass is 294 g/mol. The zero-order valence-electron chi connectivity index (χ0n) is 11.8. The standard InChI is InChI=1S/C16H14N4O2/c21-15(20-14-11-17-8-9-18-14)7-6-13-10-19-22-16(13)12-4-2-1-3-5-12/h1-5,8-11H,6-7H2,(H,18,20,21). The van der Waals surface area contributed by atoms with Gasteiger partial charge < -0.3 is 9.84 Å². The van der Waals surface area contributed by atoms with Crippen molar-refractivity contribution in [3.63, 3.8) is 0 Å². The van der Waals surface area contributed by atoms with Crippen LogP contribution in [0.25, 0.3) is 11.3 Å². The second kappa shape index (κ2) is 6.62. The van der Waals surface area contributed by atoms with Gasteiger partial charge in [0.05, 0.1) is 12.4 Å². The molecule has 0 unspecified atom stereocenters. The number of rotatable bonds is 5. The fourth-order valence-corrected chi connectivity index (χ4v) is 2.08. The molecule has 22 heavy (non-hydrogen) atoms.